The summed E-state index contributed by atoms with van der Waals surface area (Å²) in [7, 11) is -1.78. The number of aliphatic hydroxyl groups is 1. The summed E-state index contributed by atoms with van der Waals surface area (Å²) >= 11 is 0. The molecule has 4 nitrogen and oxygen atoms in total. The minimum atomic E-state index is -1.78. The van der Waals surface area contributed by atoms with E-state index in [0.29, 0.717) is 25.0 Å². The highest BCUT2D eigenvalue weighted by molar-refractivity contribution is 6.74. The molecular formula is C29H48O4Si. The normalized spacial score (nSPS) is 29.5. The number of rotatable bonds is 12. The van der Waals surface area contributed by atoms with Crippen LogP contribution in [-0.4, -0.2) is 44.9 Å². The number of benzene rings is 1. The predicted molar refractivity (Wildman–Crippen MR) is 142 cm³/mol. The first kappa shape index (κ1) is 27.6. The van der Waals surface area contributed by atoms with Crippen molar-refractivity contribution in [2.45, 2.75) is 97.2 Å². The van der Waals surface area contributed by atoms with E-state index in [0.717, 1.165) is 31.4 Å². The molecule has 0 bridgehead atoms. The summed E-state index contributed by atoms with van der Waals surface area (Å²) in [4.78, 5) is 0. The Hall–Kier alpha value is -0.983. The van der Waals surface area contributed by atoms with Gasteiger partial charge in [-0.15, -0.1) is 0 Å². The van der Waals surface area contributed by atoms with Gasteiger partial charge in [0.15, 0.2) is 8.32 Å². The van der Waals surface area contributed by atoms with Gasteiger partial charge in [-0.2, -0.15) is 0 Å². The Bertz CT molecular complexity index is 828. The van der Waals surface area contributed by atoms with Crippen LogP contribution in [0.15, 0.2) is 42.0 Å². The smallest absolute Gasteiger partial charge is 0.191 e. The standard InChI is InChI=1S/C29H48O4Si/c1-22(2)25-15-14-24(28(25,6)16-17-32-34(7,8)27(3,4)5)18-29(26(19-30)33-29)21-31-20-23-12-10-9-11-13-23/h9-14,22,25-26,30H,15-21H2,1-8H3/t25-,26-,28+,29+/m1/s1. The molecule has 1 aromatic carbocycles. The van der Waals surface area contributed by atoms with Crippen molar-refractivity contribution in [3.8, 4) is 0 Å². The van der Waals surface area contributed by atoms with Crippen molar-refractivity contribution >= 4 is 8.32 Å². The second-order valence-electron chi connectivity index (χ2n) is 12.6. The van der Waals surface area contributed by atoms with Crippen LogP contribution in [-0.2, 0) is 20.5 Å². The summed E-state index contributed by atoms with van der Waals surface area (Å²) in [6.45, 7) is 20.6. The molecule has 0 unspecified atom stereocenters. The van der Waals surface area contributed by atoms with Crippen molar-refractivity contribution in [1.29, 1.82) is 0 Å². The van der Waals surface area contributed by atoms with E-state index in [9.17, 15) is 5.11 Å². The Labute approximate surface area is 209 Å². The van der Waals surface area contributed by atoms with Crippen molar-refractivity contribution in [2.24, 2.45) is 17.3 Å². The van der Waals surface area contributed by atoms with E-state index in [-0.39, 0.29) is 23.2 Å². The molecule has 1 heterocycles. The lowest BCUT2D eigenvalue weighted by Gasteiger charge is -2.41. The minimum absolute atomic E-state index is 0.0424. The number of aliphatic hydroxyl groups excluding tert-OH is 1. The van der Waals surface area contributed by atoms with E-state index in [4.69, 9.17) is 13.9 Å². The fourth-order valence-corrected chi connectivity index (χ4v) is 6.43. The molecule has 0 aromatic heterocycles. The van der Waals surface area contributed by atoms with Gasteiger partial charge < -0.3 is 19.0 Å². The van der Waals surface area contributed by atoms with Gasteiger partial charge in [0.1, 0.15) is 11.7 Å². The third-order valence-electron chi connectivity index (χ3n) is 8.89. The van der Waals surface area contributed by atoms with Gasteiger partial charge in [-0.05, 0) is 53.8 Å². The molecule has 1 aliphatic carbocycles. The van der Waals surface area contributed by atoms with E-state index in [1.54, 1.807) is 0 Å². The molecule has 1 fully saturated rings. The van der Waals surface area contributed by atoms with Crippen molar-refractivity contribution in [1.82, 2.24) is 0 Å². The highest BCUT2D eigenvalue weighted by Crippen LogP contribution is 2.55. The highest BCUT2D eigenvalue weighted by Gasteiger charge is 2.58. The van der Waals surface area contributed by atoms with Gasteiger partial charge in [0.25, 0.3) is 0 Å². The van der Waals surface area contributed by atoms with Gasteiger partial charge >= 0.3 is 0 Å². The number of allylic oxidation sites excluding steroid dienone is 1. The van der Waals surface area contributed by atoms with E-state index < -0.39 is 13.9 Å². The Morgan fingerprint density at radius 1 is 1.18 bits per heavy atom. The molecule has 1 aromatic rings. The monoisotopic (exact) mass is 488 g/mol. The third kappa shape index (κ3) is 6.04. The van der Waals surface area contributed by atoms with Gasteiger partial charge in [-0.1, -0.05) is 83.5 Å². The lowest BCUT2D eigenvalue weighted by molar-refractivity contribution is 0.0625. The number of hydrogen-bond donors (Lipinski definition) is 1. The molecule has 1 aliphatic heterocycles. The van der Waals surface area contributed by atoms with E-state index in [2.05, 4.69) is 72.8 Å². The minimum Gasteiger partial charge on any atom is -0.417 e. The first-order chi connectivity index (χ1) is 15.8. The van der Waals surface area contributed by atoms with Crippen LogP contribution in [0.2, 0.25) is 18.1 Å². The van der Waals surface area contributed by atoms with Crippen LogP contribution in [0.1, 0.15) is 66.4 Å². The molecule has 2 aliphatic rings. The average Bonchev–Trinajstić information content (AvgIpc) is 3.35. The zero-order valence-corrected chi connectivity index (χ0v) is 23.8. The molecule has 192 valence electrons. The first-order valence-corrected chi connectivity index (χ1v) is 16.0. The van der Waals surface area contributed by atoms with Crippen LogP contribution in [0.25, 0.3) is 0 Å². The summed E-state index contributed by atoms with van der Waals surface area (Å²) in [5, 5.41) is 10.1. The molecule has 0 spiro atoms. The molecule has 0 radical (unpaired) electrons. The SMILES string of the molecule is CC(C)[C@H]1CC=C(C[C@@]2(COCc3ccccc3)O[C@@H]2CO)[C@]1(C)CCO[Si](C)(C)C(C)(C)C. The van der Waals surface area contributed by atoms with Crippen molar-refractivity contribution < 1.29 is 19.0 Å². The molecule has 1 saturated heterocycles. The van der Waals surface area contributed by atoms with E-state index >= 15 is 0 Å². The number of epoxide rings is 1. The maximum absolute atomic E-state index is 9.89. The van der Waals surface area contributed by atoms with Crippen LogP contribution in [0.4, 0.5) is 0 Å². The average molecular weight is 489 g/mol. The molecule has 5 heteroatoms. The topological polar surface area (TPSA) is 51.2 Å². The molecule has 4 atom stereocenters. The zero-order chi connectivity index (χ0) is 25.2. The molecular weight excluding hydrogens is 440 g/mol. The summed E-state index contributed by atoms with van der Waals surface area (Å²) in [5.74, 6) is 1.20. The quantitative estimate of drug-likeness (QED) is 0.201. The predicted octanol–water partition coefficient (Wildman–Crippen LogP) is 6.74. The molecule has 0 saturated carbocycles. The van der Waals surface area contributed by atoms with E-state index in [1.807, 2.05) is 18.2 Å². The molecule has 3 rings (SSSR count). The van der Waals surface area contributed by atoms with Crippen LogP contribution in [0.5, 0.6) is 0 Å². The number of hydrogen-bond acceptors (Lipinski definition) is 4. The summed E-state index contributed by atoms with van der Waals surface area (Å²) in [6.07, 6.45) is 5.27. The Balaban J connectivity index is 1.68. The van der Waals surface area contributed by atoms with Gasteiger partial charge in [0.05, 0.1) is 19.8 Å². The van der Waals surface area contributed by atoms with Gasteiger partial charge in [-0.3, -0.25) is 0 Å². The molecule has 0 amide bonds. The molecule has 1 N–H and O–H groups in total. The Morgan fingerprint density at radius 2 is 1.85 bits per heavy atom. The fourth-order valence-electron chi connectivity index (χ4n) is 5.39. The molecule has 34 heavy (non-hydrogen) atoms. The third-order valence-corrected chi connectivity index (χ3v) is 13.4. The lowest BCUT2D eigenvalue weighted by Crippen LogP contribution is -2.42. The number of ether oxygens (including phenoxy) is 2. The van der Waals surface area contributed by atoms with Crippen LogP contribution >= 0.6 is 0 Å². The Kier molecular flexibility index (Phi) is 8.57. The Morgan fingerprint density at radius 3 is 2.41 bits per heavy atom. The highest BCUT2D eigenvalue weighted by atomic mass is 28.4. The summed E-state index contributed by atoms with van der Waals surface area (Å²) in [5.41, 5.74) is 2.29. The van der Waals surface area contributed by atoms with Crippen molar-refractivity contribution in [3.05, 3.63) is 47.5 Å². The fraction of sp³-hybridized carbons (Fsp3) is 0.724. The zero-order valence-electron chi connectivity index (χ0n) is 22.8. The first-order valence-electron chi connectivity index (χ1n) is 13.1. The van der Waals surface area contributed by atoms with Gasteiger partial charge in [0.2, 0.25) is 0 Å². The van der Waals surface area contributed by atoms with Gasteiger partial charge in [-0.25, -0.2) is 0 Å². The second-order valence-corrected chi connectivity index (χ2v) is 17.4. The lowest BCUT2D eigenvalue weighted by atomic mass is 9.67. The maximum atomic E-state index is 9.89. The largest absolute Gasteiger partial charge is 0.417 e. The van der Waals surface area contributed by atoms with Crippen LogP contribution in [0.3, 0.4) is 0 Å². The van der Waals surface area contributed by atoms with Crippen molar-refractivity contribution in [2.75, 3.05) is 19.8 Å². The van der Waals surface area contributed by atoms with E-state index in [1.165, 1.54) is 5.57 Å². The van der Waals surface area contributed by atoms with Gasteiger partial charge in [0, 0.05) is 13.0 Å². The van der Waals surface area contributed by atoms with Crippen molar-refractivity contribution in [3.63, 3.8) is 0 Å². The van der Waals surface area contributed by atoms with Crippen LogP contribution < -0.4 is 0 Å². The second kappa shape index (κ2) is 10.6. The van der Waals surface area contributed by atoms with Crippen LogP contribution in [0, 0.1) is 17.3 Å². The summed E-state index contributed by atoms with van der Waals surface area (Å²) in [6, 6.07) is 10.2. The maximum Gasteiger partial charge on any atom is 0.191 e. The summed E-state index contributed by atoms with van der Waals surface area (Å²) < 4.78 is 18.8.